The molecule has 1 aliphatic carbocycles. The zero-order chi connectivity index (χ0) is 13.2. The van der Waals surface area contributed by atoms with E-state index in [2.05, 4.69) is 26.2 Å². The van der Waals surface area contributed by atoms with Crippen LogP contribution >= 0.6 is 15.9 Å². The number of carboxylic acid groups (broad SMARTS) is 1. The van der Waals surface area contributed by atoms with Crippen molar-refractivity contribution in [2.75, 3.05) is 6.54 Å². The molecule has 0 bridgehead atoms. The van der Waals surface area contributed by atoms with Gasteiger partial charge in [0.1, 0.15) is 0 Å². The second kappa shape index (κ2) is 5.06. The number of amides is 1. The maximum absolute atomic E-state index is 11.8. The molecule has 1 amide bonds. The van der Waals surface area contributed by atoms with Crippen LogP contribution in [0.25, 0.3) is 0 Å². The molecule has 1 saturated carbocycles. The average molecular weight is 313 g/mol. The summed E-state index contributed by atoms with van der Waals surface area (Å²) < 4.78 is 0.715. The van der Waals surface area contributed by atoms with Crippen molar-refractivity contribution in [2.45, 2.75) is 19.3 Å². The second-order valence-corrected chi connectivity index (χ2v) is 5.43. The summed E-state index contributed by atoms with van der Waals surface area (Å²) in [5.41, 5.74) is -0.348. The first-order chi connectivity index (χ1) is 8.53. The Hall–Kier alpha value is -1.43. The molecule has 5 nitrogen and oxygen atoms in total. The van der Waals surface area contributed by atoms with E-state index in [1.165, 1.54) is 6.20 Å². The molecule has 1 fully saturated rings. The van der Waals surface area contributed by atoms with E-state index in [0.29, 0.717) is 22.9 Å². The van der Waals surface area contributed by atoms with Crippen LogP contribution in [0.5, 0.6) is 0 Å². The number of carboxylic acids is 1. The number of hydrogen-bond acceptors (Lipinski definition) is 3. The molecule has 1 aromatic heterocycles. The summed E-state index contributed by atoms with van der Waals surface area (Å²) in [4.78, 5) is 26.9. The standard InChI is InChI=1S/C12H13BrN2O3/c13-9-4-8(5-14-6-9)10(16)15-7-12(11(17)18)2-1-3-12/h4-6H,1-3,7H2,(H,15,16)(H,17,18). The van der Waals surface area contributed by atoms with Crippen LogP contribution in [0.2, 0.25) is 0 Å². The van der Waals surface area contributed by atoms with E-state index in [-0.39, 0.29) is 12.5 Å². The number of nitrogens with one attached hydrogen (secondary N) is 1. The Labute approximate surface area is 113 Å². The summed E-state index contributed by atoms with van der Waals surface area (Å²) in [6, 6.07) is 1.65. The summed E-state index contributed by atoms with van der Waals surface area (Å²) in [5.74, 6) is -1.13. The highest BCUT2D eigenvalue weighted by atomic mass is 79.9. The van der Waals surface area contributed by atoms with Gasteiger partial charge in [0.05, 0.1) is 11.0 Å². The van der Waals surface area contributed by atoms with Crippen LogP contribution in [0, 0.1) is 5.41 Å². The Morgan fingerprint density at radius 3 is 2.67 bits per heavy atom. The van der Waals surface area contributed by atoms with Crippen LogP contribution in [0.15, 0.2) is 22.9 Å². The minimum absolute atomic E-state index is 0.174. The molecule has 0 unspecified atom stereocenters. The van der Waals surface area contributed by atoms with Gasteiger partial charge in [-0.2, -0.15) is 0 Å². The van der Waals surface area contributed by atoms with E-state index in [1.807, 2.05) is 0 Å². The maximum atomic E-state index is 11.8. The zero-order valence-corrected chi connectivity index (χ0v) is 11.2. The van der Waals surface area contributed by atoms with Gasteiger partial charge in [0.2, 0.25) is 0 Å². The Morgan fingerprint density at radius 1 is 1.44 bits per heavy atom. The maximum Gasteiger partial charge on any atom is 0.311 e. The molecule has 2 rings (SSSR count). The quantitative estimate of drug-likeness (QED) is 0.889. The van der Waals surface area contributed by atoms with E-state index >= 15 is 0 Å². The SMILES string of the molecule is O=C(NCC1(C(=O)O)CCC1)c1cncc(Br)c1. The molecule has 0 atom stereocenters. The lowest BCUT2D eigenvalue weighted by molar-refractivity contribution is -0.153. The summed E-state index contributed by atoms with van der Waals surface area (Å²) in [7, 11) is 0. The lowest BCUT2D eigenvalue weighted by Crippen LogP contribution is -2.47. The molecule has 0 aromatic carbocycles. The second-order valence-electron chi connectivity index (χ2n) is 4.51. The van der Waals surface area contributed by atoms with Gasteiger partial charge in [-0.3, -0.25) is 14.6 Å². The molecule has 2 N–H and O–H groups in total. The van der Waals surface area contributed by atoms with Crippen molar-refractivity contribution >= 4 is 27.8 Å². The first-order valence-electron chi connectivity index (χ1n) is 5.66. The predicted molar refractivity (Wildman–Crippen MR) is 68.2 cm³/mol. The zero-order valence-electron chi connectivity index (χ0n) is 9.65. The van der Waals surface area contributed by atoms with Crippen molar-refractivity contribution in [3.8, 4) is 0 Å². The van der Waals surface area contributed by atoms with E-state index < -0.39 is 11.4 Å². The summed E-state index contributed by atoms with van der Waals surface area (Å²) in [5, 5.41) is 11.8. The third-order valence-electron chi connectivity index (χ3n) is 3.32. The largest absolute Gasteiger partial charge is 0.481 e. The molecular formula is C12H13BrN2O3. The first kappa shape index (κ1) is 13.0. The van der Waals surface area contributed by atoms with Crippen LogP contribution in [0.1, 0.15) is 29.6 Å². The number of pyridine rings is 1. The monoisotopic (exact) mass is 312 g/mol. The number of halogens is 1. The Kier molecular flexibility index (Phi) is 3.65. The van der Waals surface area contributed by atoms with Gasteiger partial charge in [0.15, 0.2) is 0 Å². The number of carbonyl (C=O) groups excluding carboxylic acids is 1. The van der Waals surface area contributed by atoms with E-state index in [4.69, 9.17) is 5.11 Å². The van der Waals surface area contributed by atoms with Gasteiger partial charge >= 0.3 is 5.97 Å². The van der Waals surface area contributed by atoms with Crippen molar-refractivity contribution in [2.24, 2.45) is 5.41 Å². The lowest BCUT2D eigenvalue weighted by atomic mass is 9.69. The lowest BCUT2D eigenvalue weighted by Gasteiger charge is -2.37. The molecule has 0 aliphatic heterocycles. The summed E-state index contributed by atoms with van der Waals surface area (Å²) in [6.45, 7) is 0.174. The number of rotatable bonds is 4. The van der Waals surface area contributed by atoms with Crippen LogP contribution in [0.4, 0.5) is 0 Å². The molecule has 96 valence electrons. The van der Waals surface area contributed by atoms with Crippen LogP contribution in [0.3, 0.4) is 0 Å². The summed E-state index contributed by atoms with van der Waals surface area (Å²) in [6.07, 6.45) is 5.19. The van der Waals surface area contributed by atoms with Crippen molar-refractivity contribution in [3.63, 3.8) is 0 Å². The number of nitrogens with zero attached hydrogens (tertiary/aromatic N) is 1. The van der Waals surface area contributed by atoms with Gasteiger partial charge < -0.3 is 10.4 Å². The van der Waals surface area contributed by atoms with Gasteiger partial charge in [-0.25, -0.2) is 0 Å². The fourth-order valence-electron chi connectivity index (χ4n) is 1.96. The topological polar surface area (TPSA) is 79.3 Å². The van der Waals surface area contributed by atoms with Crippen LogP contribution < -0.4 is 5.32 Å². The van der Waals surface area contributed by atoms with Crippen molar-refractivity contribution in [3.05, 3.63) is 28.5 Å². The minimum Gasteiger partial charge on any atom is -0.481 e. The third kappa shape index (κ3) is 2.53. The Morgan fingerprint density at radius 2 is 2.17 bits per heavy atom. The highest BCUT2D eigenvalue weighted by Crippen LogP contribution is 2.40. The number of aliphatic carboxylic acids is 1. The Bertz CT molecular complexity index is 486. The van der Waals surface area contributed by atoms with E-state index in [1.54, 1.807) is 12.3 Å². The normalized spacial score (nSPS) is 16.7. The number of aromatic nitrogens is 1. The molecule has 1 aliphatic rings. The van der Waals surface area contributed by atoms with E-state index in [0.717, 1.165) is 6.42 Å². The van der Waals surface area contributed by atoms with Gasteiger partial charge in [-0.1, -0.05) is 6.42 Å². The molecule has 1 heterocycles. The number of carbonyl (C=O) groups is 2. The molecule has 0 spiro atoms. The molecule has 0 radical (unpaired) electrons. The van der Waals surface area contributed by atoms with Gasteiger partial charge in [0.25, 0.3) is 5.91 Å². The number of hydrogen-bond donors (Lipinski definition) is 2. The fraction of sp³-hybridized carbons (Fsp3) is 0.417. The predicted octanol–water partition coefficient (Wildman–Crippen LogP) is 1.83. The molecule has 1 aromatic rings. The van der Waals surface area contributed by atoms with E-state index in [9.17, 15) is 9.59 Å². The molecule has 0 saturated heterocycles. The van der Waals surface area contributed by atoms with Gasteiger partial charge in [0, 0.05) is 23.4 Å². The van der Waals surface area contributed by atoms with Crippen molar-refractivity contribution in [1.82, 2.24) is 10.3 Å². The van der Waals surface area contributed by atoms with Gasteiger partial charge in [-0.05, 0) is 34.8 Å². The fourth-order valence-corrected chi connectivity index (χ4v) is 2.32. The average Bonchev–Trinajstić information content (AvgIpc) is 2.26. The van der Waals surface area contributed by atoms with Crippen molar-refractivity contribution < 1.29 is 14.7 Å². The van der Waals surface area contributed by atoms with Crippen molar-refractivity contribution in [1.29, 1.82) is 0 Å². The minimum atomic E-state index is -0.832. The highest BCUT2D eigenvalue weighted by molar-refractivity contribution is 9.10. The van der Waals surface area contributed by atoms with Crippen LogP contribution in [-0.2, 0) is 4.79 Å². The molecule has 18 heavy (non-hydrogen) atoms. The molecule has 6 heteroatoms. The third-order valence-corrected chi connectivity index (χ3v) is 3.75. The van der Waals surface area contributed by atoms with Crippen LogP contribution in [-0.4, -0.2) is 28.5 Å². The molecular weight excluding hydrogens is 300 g/mol. The Balaban J connectivity index is 1.98. The van der Waals surface area contributed by atoms with Gasteiger partial charge in [-0.15, -0.1) is 0 Å². The highest BCUT2D eigenvalue weighted by Gasteiger charge is 2.44. The smallest absolute Gasteiger partial charge is 0.311 e. The summed E-state index contributed by atoms with van der Waals surface area (Å²) >= 11 is 3.23. The first-order valence-corrected chi connectivity index (χ1v) is 6.45.